The van der Waals surface area contributed by atoms with Crippen molar-refractivity contribution in [2.45, 2.75) is 38.8 Å². The van der Waals surface area contributed by atoms with Gasteiger partial charge >= 0.3 is 0 Å². The lowest BCUT2D eigenvalue weighted by atomic mass is 10.0. The summed E-state index contributed by atoms with van der Waals surface area (Å²) >= 11 is 0. The molecule has 0 aliphatic carbocycles. The Hall–Kier alpha value is -3.06. The summed E-state index contributed by atoms with van der Waals surface area (Å²) in [6.07, 6.45) is 0.982. The van der Waals surface area contributed by atoms with E-state index in [9.17, 15) is 9.18 Å². The average molecular weight is 422 g/mol. The second-order valence-electron chi connectivity index (χ2n) is 8.13. The summed E-state index contributed by atoms with van der Waals surface area (Å²) in [5.74, 6) is 1.70. The van der Waals surface area contributed by atoms with Crippen LogP contribution in [0, 0.1) is 5.82 Å². The highest BCUT2D eigenvalue weighted by atomic mass is 19.1. The Labute approximate surface area is 182 Å². The minimum Gasteiger partial charge on any atom is -0.349 e. The maximum Gasteiger partial charge on any atom is 0.224 e. The predicted octanol–water partition coefficient (Wildman–Crippen LogP) is 2.94. The molecule has 1 atom stereocenters. The highest BCUT2D eigenvalue weighted by molar-refractivity contribution is 5.78. The summed E-state index contributed by atoms with van der Waals surface area (Å²) in [5.41, 5.74) is 2.01. The van der Waals surface area contributed by atoms with Crippen LogP contribution in [-0.2, 0) is 30.7 Å². The number of nitrogens with one attached hydrogen (secondary N) is 1. The van der Waals surface area contributed by atoms with E-state index in [0.29, 0.717) is 18.0 Å². The molecule has 0 fully saturated rings. The summed E-state index contributed by atoms with van der Waals surface area (Å²) in [7, 11) is 0. The van der Waals surface area contributed by atoms with Gasteiger partial charge in [0.1, 0.15) is 11.6 Å². The second-order valence-corrected chi connectivity index (χ2v) is 8.13. The molecule has 31 heavy (non-hydrogen) atoms. The Balaban J connectivity index is 1.31. The van der Waals surface area contributed by atoms with Crippen molar-refractivity contribution in [1.82, 2.24) is 25.0 Å². The molecular weight excluding hydrogens is 393 g/mol. The lowest BCUT2D eigenvalue weighted by Gasteiger charge is -2.24. The molecule has 1 N–H and O–H groups in total. The molecule has 0 saturated heterocycles. The lowest BCUT2D eigenvalue weighted by molar-refractivity contribution is -0.120. The Morgan fingerprint density at radius 3 is 2.74 bits per heavy atom. The topological polar surface area (TPSA) is 63.1 Å². The van der Waals surface area contributed by atoms with Gasteiger partial charge in [0.15, 0.2) is 5.82 Å². The van der Waals surface area contributed by atoms with E-state index in [2.05, 4.69) is 56.2 Å². The van der Waals surface area contributed by atoms with Gasteiger partial charge in [-0.1, -0.05) is 49.4 Å². The van der Waals surface area contributed by atoms with Gasteiger partial charge < -0.3 is 14.8 Å². The molecule has 3 aromatic rings. The van der Waals surface area contributed by atoms with Gasteiger partial charge in [0.05, 0.1) is 13.0 Å². The molecule has 0 spiro atoms. The average Bonchev–Trinajstić information content (AvgIpc) is 3.05. The molecule has 1 amide bonds. The number of halogens is 1. The fourth-order valence-electron chi connectivity index (χ4n) is 4.09. The normalized spacial score (nSPS) is 15.2. The fourth-order valence-corrected chi connectivity index (χ4v) is 4.09. The van der Waals surface area contributed by atoms with Gasteiger partial charge in [-0.3, -0.25) is 4.79 Å². The number of nitrogens with zero attached hydrogens (tertiary/aromatic N) is 4. The van der Waals surface area contributed by atoms with Gasteiger partial charge in [-0.2, -0.15) is 0 Å². The van der Waals surface area contributed by atoms with Crippen LogP contribution in [0.1, 0.15) is 35.6 Å². The van der Waals surface area contributed by atoms with Crippen LogP contribution in [0.5, 0.6) is 0 Å². The highest BCUT2D eigenvalue weighted by Crippen LogP contribution is 2.18. The Morgan fingerprint density at radius 1 is 1.10 bits per heavy atom. The van der Waals surface area contributed by atoms with E-state index in [-0.39, 0.29) is 18.1 Å². The highest BCUT2D eigenvalue weighted by Gasteiger charge is 2.20. The summed E-state index contributed by atoms with van der Waals surface area (Å²) in [4.78, 5) is 14.7. The largest absolute Gasteiger partial charge is 0.349 e. The molecule has 4 rings (SSSR count). The molecule has 1 unspecified atom stereocenters. The van der Waals surface area contributed by atoms with Crippen molar-refractivity contribution >= 4 is 5.91 Å². The summed E-state index contributed by atoms with van der Waals surface area (Å²) in [6.45, 7) is 6.26. The van der Waals surface area contributed by atoms with Crippen molar-refractivity contribution < 1.29 is 9.18 Å². The van der Waals surface area contributed by atoms with Crippen molar-refractivity contribution in [3.63, 3.8) is 0 Å². The quantitative estimate of drug-likeness (QED) is 0.637. The van der Waals surface area contributed by atoms with Gasteiger partial charge in [-0.15, -0.1) is 10.2 Å². The van der Waals surface area contributed by atoms with Crippen molar-refractivity contribution in [2.24, 2.45) is 0 Å². The van der Waals surface area contributed by atoms with E-state index in [0.717, 1.165) is 44.2 Å². The van der Waals surface area contributed by atoms with E-state index in [4.69, 9.17) is 0 Å². The van der Waals surface area contributed by atoms with Gasteiger partial charge in [-0.05, 0) is 29.2 Å². The minimum atomic E-state index is -0.334. The zero-order valence-electron chi connectivity index (χ0n) is 17.8. The van der Waals surface area contributed by atoms with Crippen LogP contribution in [0.15, 0.2) is 54.6 Å². The lowest BCUT2D eigenvalue weighted by Crippen LogP contribution is -2.31. The first-order chi connectivity index (χ1) is 15.1. The SMILES string of the molecule is CC(CN1CCc2nnc(CNC(=O)Cc3cccc(F)c3)n2CC1)c1ccccc1. The molecule has 162 valence electrons. The number of carbonyl (C=O) groups is 1. The Kier molecular flexibility index (Phi) is 6.72. The zero-order valence-corrected chi connectivity index (χ0v) is 17.8. The first kappa shape index (κ1) is 21.2. The van der Waals surface area contributed by atoms with Crippen molar-refractivity contribution in [3.8, 4) is 0 Å². The van der Waals surface area contributed by atoms with Crippen LogP contribution in [0.2, 0.25) is 0 Å². The number of hydrogen-bond acceptors (Lipinski definition) is 4. The number of carbonyl (C=O) groups excluding carboxylic acids is 1. The van der Waals surface area contributed by atoms with E-state index >= 15 is 0 Å². The smallest absolute Gasteiger partial charge is 0.224 e. The summed E-state index contributed by atoms with van der Waals surface area (Å²) in [6, 6.07) is 16.7. The van der Waals surface area contributed by atoms with Crippen LogP contribution in [0.4, 0.5) is 4.39 Å². The predicted molar refractivity (Wildman–Crippen MR) is 117 cm³/mol. The molecule has 2 aromatic carbocycles. The molecule has 1 aromatic heterocycles. The van der Waals surface area contributed by atoms with E-state index in [1.165, 1.54) is 17.7 Å². The Morgan fingerprint density at radius 2 is 1.94 bits per heavy atom. The van der Waals surface area contributed by atoms with E-state index < -0.39 is 0 Å². The van der Waals surface area contributed by atoms with Gasteiger partial charge in [-0.25, -0.2) is 4.39 Å². The molecule has 1 aliphatic heterocycles. The molecule has 7 heteroatoms. The molecule has 0 saturated carbocycles. The number of aromatic nitrogens is 3. The van der Waals surface area contributed by atoms with Crippen LogP contribution >= 0.6 is 0 Å². The summed E-state index contributed by atoms with van der Waals surface area (Å²) in [5, 5.41) is 11.5. The standard InChI is InChI=1S/C24H28FN5O/c1-18(20-7-3-2-4-8-20)17-29-11-10-22-27-28-23(30(22)13-12-29)16-26-24(31)15-19-6-5-9-21(25)14-19/h2-9,14,18H,10-13,15-17H2,1H3,(H,26,31). The fraction of sp³-hybridized carbons (Fsp3) is 0.375. The zero-order chi connectivity index (χ0) is 21.6. The Bertz CT molecular complexity index is 1020. The maximum atomic E-state index is 13.3. The third-order valence-corrected chi connectivity index (χ3v) is 5.79. The van der Waals surface area contributed by atoms with Gasteiger partial charge in [0, 0.05) is 32.6 Å². The van der Waals surface area contributed by atoms with E-state index in [1.54, 1.807) is 12.1 Å². The van der Waals surface area contributed by atoms with Crippen LogP contribution < -0.4 is 5.32 Å². The third-order valence-electron chi connectivity index (χ3n) is 5.79. The molecule has 0 radical (unpaired) electrons. The van der Waals surface area contributed by atoms with Crippen molar-refractivity contribution in [3.05, 3.63) is 83.2 Å². The monoisotopic (exact) mass is 421 g/mol. The van der Waals surface area contributed by atoms with Gasteiger partial charge in [0.2, 0.25) is 5.91 Å². The molecule has 6 nitrogen and oxygen atoms in total. The van der Waals surface area contributed by atoms with Crippen molar-refractivity contribution in [2.75, 3.05) is 19.6 Å². The molecule has 0 bridgehead atoms. The third kappa shape index (κ3) is 5.55. The second kappa shape index (κ2) is 9.83. The summed E-state index contributed by atoms with van der Waals surface area (Å²) < 4.78 is 15.4. The first-order valence-electron chi connectivity index (χ1n) is 10.8. The number of fused-ring (bicyclic) bond motifs is 1. The molecular formula is C24H28FN5O. The van der Waals surface area contributed by atoms with E-state index in [1.807, 2.05) is 6.07 Å². The number of benzene rings is 2. The first-order valence-corrected chi connectivity index (χ1v) is 10.8. The van der Waals surface area contributed by atoms with Crippen LogP contribution in [0.3, 0.4) is 0 Å². The molecule has 2 heterocycles. The number of rotatable bonds is 7. The minimum absolute atomic E-state index is 0.143. The van der Waals surface area contributed by atoms with Crippen molar-refractivity contribution in [1.29, 1.82) is 0 Å². The molecule has 1 aliphatic rings. The number of hydrogen-bond donors (Lipinski definition) is 1. The van der Waals surface area contributed by atoms with Gasteiger partial charge in [0.25, 0.3) is 0 Å². The van der Waals surface area contributed by atoms with Crippen LogP contribution in [0.25, 0.3) is 0 Å². The van der Waals surface area contributed by atoms with Crippen LogP contribution in [-0.4, -0.2) is 45.2 Å². The maximum absolute atomic E-state index is 13.3. The number of amides is 1.